The number of sulfone groups is 1. The summed E-state index contributed by atoms with van der Waals surface area (Å²) in [5.74, 6) is -3.22. The van der Waals surface area contributed by atoms with Crippen LogP contribution in [0.2, 0.25) is 0 Å². The van der Waals surface area contributed by atoms with Gasteiger partial charge in [0.25, 0.3) is 0 Å². The highest BCUT2D eigenvalue weighted by Crippen LogP contribution is 2.28. The molecule has 1 aromatic carbocycles. The smallest absolute Gasteiger partial charge is 0.320 e. The minimum absolute atomic E-state index is 0.178. The number of aliphatic carboxylic acids is 1. The van der Waals surface area contributed by atoms with E-state index < -0.39 is 38.3 Å². The van der Waals surface area contributed by atoms with Gasteiger partial charge in [-0.15, -0.1) is 0 Å². The Morgan fingerprint density at radius 1 is 1.50 bits per heavy atom. The third-order valence-corrected chi connectivity index (χ3v) is 3.41. The van der Waals surface area contributed by atoms with Crippen molar-refractivity contribution in [2.24, 2.45) is 5.73 Å². The number of carboxylic acid groups (broad SMARTS) is 1. The van der Waals surface area contributed by atoms with Crippen LogP contribution in [-0.2, 0) is 21.1 Å². The van der Waals surface area contributed by atoms with Gasteiger partial charge in [-0.3, -0.25) is 4.79 Å². The quantitative estimate of drug-likeness (QED) is 0.706. The van der Waals surface area contributed by atoms with Crippen LogP contribution in [0.5, 0.6) is 5.75 Å². The fourth-order valence-corrected chi connectivity index (χ4v) is 2.33. The molecule has 0 aliphatic rings. The monoisotopic (exact) mass is 277 g/mol. The Morgan fingerprint density at radius 3 is 2.50 bits per heavy atom. The molecule has 18 heavy (non-hydrogen) atoms. The third-order valence-electron chi connectivity index (χ3n) is 2.28. The zero-order valence-electron chi connectivity index (χ0n) is 9.42. The second-order valence-corrected chi connectivity index (χ2v) is 5.76. The Bertz CT molecular complexity index is 584. The predicted molar refractivity (Wildman–Crippen MR) is 60.5 cm³/mol. The lowest BCUT2D eigenvalue weighted by Gasteiger charge is -2.11. The molecule has 100 valence electrons. The van der Waals surface area contributed by atoms with Crippen LogP contribution in [0.1, 0.15) is 5.56 Å². The minimum Gasteiger partial charge on any atom is -0.506 e. The Morgan fingerprint density at radius 2 is 2.06 bits per heavy atom. The van der Waals surface area contributed by atoms with E-state index in [1.807, 2.05) is 0 Å². The summed E-state index contributed by atoms with van der Waals surface area (Å²) in [6, 6.07) is 0.738. The molecule has 1 aromatic rings. The molecular weight excluding hydrogens is 265 g/mol. The van der Waals surface area contributed by atoms with Gasteiger partial charge in [-0.1, -0.05) is 6.07 Å². The van der Waals surface area contributed by atoms with E-state index in [0.717, 1.165) is 18.4 Å². The van der Waals surface area contributed by atoms with Gasteiger partial charge in [0.05, 0.1) is 0 Å². The Balaban J connectivity index is 3.30. The topological polar surface area (TPSA) is 118 Å². The van der Waals surface area contributed by atoms with E-state index in [0.29, 0.717) is 0 Å². The molecule has 0 aliphatic carbocycles. The number of hydrogen-bond donors (Lipinski definition) is 3. The van der Waals surface area contributed by atoms with Crippen LogP contribution in [0.4, 0.5) is 4.39 Å². The van der Waals surface area contributed by atoms with E-state index >= 15 is 0 Å². The van der Waals surface area contributed by atoms with Crippen LogP contribution >= 0.6 is 0 Å². The molecule has 1 atom stereocenters. The average Bonchev–Trinajstić information content (AvgIpc) is 2.20. The second-order valence-electron chi connectivity index (χ2n) is 3.81. The largest absolute Gasteiger partial charge is 0.506 e. The first-order chi connectivity index (χ1) is 8.14. The van der Waals surface area contributed by atoms with E-state index in [1.54, 1.807) is 0 Å². The molecule has 8 heteroatoms. The molecule has 0 fully saturated rings. The molecule has 1 unspecified atom stereocenters. The lowest BCUT2D eigenvalue weighted by atomic mass is 10.1. The molecule has 6 nitrogen and oxygen atoms in total. The maximum atomic E-state index is 13.9. The maximum Gasteiger partial charge on any atom is 0.320 e. The summed E-state index contributed by atoms with van der Waals surface area (Å²) in [6.07, 6.45) is 0.371. The highest BCUT2D eigenvalue weighted by molar-refractivity contribution is 7.90. The normalized spacial score (nSPS) is 13.3. The summed E-state index contributed by atoms with van der Waals surface area (Å²) in [5, 5.41) is 17.9. The number of carbonyl (C=O) groups is 1. The molecule has 0 heterocycles. The third kappa shape index (κ3) is 2.96. The molecule has 0 saturated carbocycles. The SMILES string of the molecule is CS(=O)(=O)c1c(O)ccc(CC(N)C(=O)O)c1F. The molecule has 0 saturated heterocycles. The number of rotatable bonds is 4. The molecule has 0 spiro atoms. The summed E-state index contributed by atoms with van der Waals surface area (Å²) in [7, 11) is -3.96. The molecular formula is C10H12FNO5S. The van der Waals surface area contributed by atoms with Crippen molar-refractivity contribution >= 4 is 15.8 Å². The highest BCUT2D eigenvalue weighted by atomic mass is 32.2. The first-order valence-electron chi connectivity index (χ1n) is 4.83. The Hall–Kier alpha value is -1.67. The van der Waals surface area contributed by atoms with Crippen LogP contribution in [-0.4, -0.2) is 36.9 Å². The zero-order valence-corrected chi connectivity index (χ0v) is 10.2. The van der Waals surface area contributed by atoms with Gasteiger partial charge < -0.3 is 15.9 Å². The minimum atomic E-state index is -3.96. The van der Waals surface area contributed by atoms with Crippen molar-refractivity contribution in [3.63, 3.8) is 0 Å². The van der Waals surface area contributed by atoms with Crippen molar-refractivity contribution in [1.29, 1.82) is 0 Å². The van der Waals surface area contributed by atoms with Gasteiger partial charge in [-0.05, 0) is 11.6 Å². The number of phenols is 1. The van der Waals surface area contributed by atoms with E-state index in [1.165, 1.54) is 0 Å². The predicted octanol–water partition coefficient (Wildman–Crippen LogP) is -0.111. The molecule has 0 aliphatic heterocycles. The van der Waals surface area contributed by atoms with E-state index in [9.17, 15) is 22.7 Å². The van der Waals surface area contributed by atoms with Crippen molar-refractivity contribution < 1.29 is 27.8 Å². The number of phenolic OH excluding ortho intramolecular Hbond substituents is 1. The Kier molecular flexibility index (Phi) is 3.92. The number of aromatic hydroxyl groups is 1. The Labute approximate surface area is 103 Å². The maximum absolute atomic E-state index is 13.9. The van der Waals surface area contributed by atoms with Crippen LogP contribution in [0, 0.1) is 5.82 Å². The molecule has 0 bridgehead atoms. The van der Waals surface area contributed by atoms with Gasteiger partial charge in [-0.2, -0.15) is 0 Å². The summed E-state index contributed by atoms with van der Waals surface area (Å²) in [5.41, 5.74) is 5.06. The fourth-order valence-electron chi connectivity index (χ4n) is 1.42. The van der Waals surface area contributed by atoms with Crippen molar-refractivity contribution in [2.75, 3.05) is 6.26 Å². The highest BCUT2D eigenvalue weighted by Gasteiger charge is 2.23. The van der Waals surface area contributed by atoms with Crippen molar-refractivity contribution in [3.8, 4) is 5.75 Å². The van der Waals surface area contributed by atoms with Crippen LogP contribution in [0.3, 0.4) is 0 Å². The first kappa shape index (κ1) is 14.4. The van der Waals surface area contributed by atoms with Crippen LogP contribution < -0.4 is 5.73 Å². The van der Waals surface area contributed by atoms with Crippen molar-refractivity contribution in [2.45, 2.75) is 17.4 Å². The molecule has 0 aromatic heterocycles. The summed E-state index contributed by atoms with van der Waals surface area (Å²) in [4.78, 5) is 9.70. The summed E-state index contributed by atoms with van der Waals surface area (Å²) >= 11 is 0. The molecule has 4 N–H and O–H groups in total. The van der Waals surface area contributed by atoms with Gasteiger partial charge in [0.15, 0.2) is 9.84 Å². The molecule has 1 rings (SSSR count). The zero-order chi connectivity index (χ0) is 14.1. The number of carboxylic acids is 1. The molecule has 0 amide bonds. The summed E-state index contributed by atoms with van der Waals surface area (Å²) < 4.78 is 36.5. The van der Waals surface area contributed by atoms with Crippen LogP contribution in [0.25, 0.3) is 0 Å². The molecule has 0 radical (unpaired) electrons. The number of hydrogen-bond acceptors (Lipinski definition) is 5. The number of halogens is 1. The van der Waals surface area contributed by atoms with E-state index in [-0.39, 0.29) is 12.0 Å². The van der Waals surface area contributed by atoms with E-state index in [4.69, 9.17) is 10.8 Å². The standard InChI is InChI=1S/C10H12FNO5S/c1-18(16,17)9-7(13)3-2-5(8(9)11)4-6(12)10(14)15/h2-3,6,13H,4,12H2,1H3,(H,14,15). The second kappa shape index (κ2) is 4.91. The van der Waals surface area contributed by atoms with Gasteiger partial charge in [-0.25, -0.2) is 12.8 Å². The van der Waals surface area contributed by atoms with Crippen molar-refractivity contribution in [3.05, 3.63) is 23.5 Å². The first-order valence-corrected chi connectivity index (χ1v) is 6.72. The van der Waals surface area contributed by atoms with Gasteiger partial charge in [0, 0.05) is 12.7 Å². The van der Waals surface area contributed by atoms with Crippen LogP contribution in [0.15, 0.2) is 17.0 Å². The lowest BCUT2D eigenvalue weighted by molar-refractivity contribution is -0.138. The summed E-state index contributed by atoms with van der Waals surface area (Å²) in [6.45, 7) is 0. The van der Waals surface area contributed by atoms with Gasteiger partial charge in [0.1, 0.15) is 22.5 Å². The van der Waals surface area contributed by atoms with Gasteiger partial charge in [0.2, 0.25) is 0 Å². The fraction of sp³-hybridized carbons (Fsp3) is 0.300. The average molecular weight is 277 g/mol. The van der Waals surface area contributed by atoms with Crippen molar-refractivity contribution in [1.82, 2.24) is 0 Å². The van der Waals surface area contributed by atoms with E-state index in [2.05, 4.69) is 0 Å². The van der Waals surface area contributed by atoms with Gasteiger partial charge >= 0.3 is 5.97 Å². The number of benzene rings is 1. The lowest BCUT2D eigenvalue weighted by Crippen LogP contribution is -2.32. The number of nitrogens with two attached hydrogens (primary N) is 1.